The Hall–Kier alpha value is -4.70. The predicted molar refractivity (Wildman–Crippen MR) is 162 cm³/mol. The van der Waals surface area contributed by atoms with Gasteiger partial charge in [-0.3, -0.25) is 14.5 Å². The van der Waals surface area contributed by atoms with Gasteiger partial charge in [0, 0.05) is 22.8 Å². The molecule has 1 N–H and O–H groups in total. The second kappa shape index (κ2) is 11.9. The van der Waals surface area contributed by atoms with Crippen LogP contribution in [0.25, 0.3) is 16.9 Å². The fourth-order valence-electron chi connectivity index (χ4n) is 5.22. The van der Waals surface area contributed by atoms with Crippen LogP contribution in [-0.4, -0.2) is 33.9 Å². The van der Waals surface area contributed by atoms with Crippen molar-refractivity contribution in [2.45, 2.75) is 25.6 Å². The molecule has 0 bridgehead atoms. The highest BCUT2D eigenvalue weighted by Gasteiger charge is 2.38. The molecule has 1 aliphatic heterocycles. The zero-order chi connectivity index (χ0) is 30.1. The first-order valence-corrected chi connectivity index (χ1v) is 14.8. The smallest absolute Gasteiger partial charge is 0.240 e. The Morgan fingerprint density at radius 1 is 1.05 bits per heavy atom. The molecule has 218 valence electrons. The number of anilines is 1. The zero-order valence-corrected chi connectivity index (χ0v) is 24.3. The Morgan fingerprint density at radius 3 is 2.60 bits per heavy atom. The third-order valence-corrected chi connectivity index (χ3v) is 8.76. The van der Waals surface area contributed by atoms with Crippen molar-refractivity contribution in [3.05, 3.63) is 125 Å². The molecule has 2 amide bonds. The zero-order valence-electron chi connectivity index (χ0n) is 23.5. The third-order valence-electron chi connectivity index (χ3n) is 7.53. The first kappa shape index (κ1) is 28.4. The maximum absolute atomic E-state index is 15.4. The van der Waals surface area contributed by atoms with E-state index in [0.29, 0.717) is 22.8 Å². The average molecular weight is 599 g/mol. The molecule has 0 radical (unpaired) electrons. The highest BCUT2D eigenvalue weighted by atomic mass is 32.2. The van der Waals surface area contributed by atoms with Crippen molar-refractivity contribution >= 4 is 29.4 Å². The Kier molecular flexibility index (Phi) is 7.86. The summed E-state index contributed by atoms with van der Waals surface area (Å²) in [5.41, 5.74) is 4.75. The molecular formula is C33H28F2N4O3S. The van der Waals surface area contributed by atoms with E-state index in [1.54, 1.807) is 16.8 Å². The molecule has 2 aromatic heterocycles. The SMILES string of the molecule is Cc1cccc(-n2nc(-c3ccccc3)c3c2N(CC(=O)NCc2ccco2)C(=O)CS[C@H]3c2ccc(F)cc2F)c1C. The molecule has 1 atom stereocenters. The van der Waals surface area contributed by atoms with Crippen molar-refractivity contribution in [3.8, 4) is 16.9 Å². The molecule has 0 aliphatic carbocycles. The molecule has 3 aromatic carbocycles. The molecule has 0 fully saturated rings. The van der Waals surface area contributed by atoms with Gasteiger partial charge in [-0.1, -0.05) is 48.5 Å². The molecule has 0 spiro atoms. The highest BCUT2D eigenvalue weighted by Crippen LogP contribution is 2.49. The van der Waals surface area contributed by atoms with Crippen LogP contribution in [0.5, 0.6) is 0 Å². The van der Waals surface area contributed by atoms with Gasteiger partial charge >= 0.3 is 0 Å². The van der Waals surface area contributed by atoms with Crippen molar-refractivity contribution in [2.75, 3.05) is 17.2 Å². The summed E-state index contributed by atoms with van der Waals surface area (Å²) >= 11 is 1.22. The summed E-state index contributed by atoms with van der Waals surface area (Å²) in [5.74, 6) is -1.25. The number of nitrogens with zero attached hydrogens (tertiary/aromatic N) is 3. The number of hydrogen-bond acceptors (Lipinski definition) is 5. The summed E-state index contributed by atoms with van der Waals surface area (Å²) < 4.78 is 36.4. The van der Waals surface area contributed by atoms with Crippen molar-refractivity contribution < 1.29 is 22.8 Å². The lowest BCUT2D eigenvalue weighted by Gasteiger charge is -2.24. The van der Waals surface area contributed by atoms with Gasteiger partial charge in [-0.05, 0) is 49.2 Å². The molecule has 10 heteroatoms. The maximum atomic E-state index is 15.4. The Bertz CT molecular complexity index is 1800. The van der Waals surface area contributed by atoms with Crippen LogP contribution < -0.4 is 10.2 Å². The lowest BCUT2D eigenvalue weighted by atomic mass is 9.99. The van der Waals surface area contributed by atoms with Gasteiger partial charge in [0.25, 0.3) is 0 Å². The minimum Gasteiger partial charge on any atom is -0.467 e. The number of thioether (sulfide) groups is 1. The van der Waals surface area contributed by atoms with E-state index < -0.39 is 22.8 Å². The van der Waals surface area contributed by atoms with E-state index in [0.717, 1.165) is 28.4 Å². The molecule has 6 rings (SSSR count). The number of fused-ring (bicyclic) bond motifs is 1. The second-order valence-corrected chi connectivity index (χ2v) is 11.4. The minimum absolute atomic E-state index is 0.0390. The second-order valence-electron chi connectivity index (χ2n) is 10.3. The number of halogens is 2. The lowest BCUT2D eigenvalue weighted by molar-refractivity contribution is -0.123. The number of benzene rings is 3. The number of rotatable bonds is 7. The van der Waals surface area contributed by atoms with E-state index in [4.69, 9.17) is 9.52 Å². The molecule has 7 nitrogen and oxygen atoms in total. The van der Waals surface area contributed by atoms with Crippen LogP contribution in [0.3, 0.4) is 0 Å². The molecule has 3 heterocycles. The molecule has 43 heavy (non-hydrogen) atoms. The van der Waals surface area contributed by atoms with Gasteiger partial charge in [0.15, 0.2) is 0 Å². The van der Waals surface area contributed by atoms with Gasteiger partial charge in [-0.2, -0.15) is 5.10 Å². The van der Waals surface area contributed by atoms with Crippen LogP contribution in [0, 0.1) is 25.5 Å². The fourth-order valence-corrected chi connectivity index (χ4v) is 6.44. The first-order valence-electron chi connectivity index (χ1n) is 13.7. The van der Waals surface area contributed by atoms with Gasteiger partial charge in [0.1, 0.15) is 29.8 Å². The fraction of sp³-hybridized carbons (Fsp3) is 0.182. The molecule has 0 saturated heterocycles. The van der Waals surface area contributed by atoms with E-state index in [-0.39, 0.29) is 30.3 Å². The Morgan fingerprint density at radius 2 is 1.86 bits per heavy atom. The van der Waals surface area contributed by atoms with Gasteiger partial charge in [0.05, 0.1) is 35.2 Å². The number of carbonyl (C=O) groups excluding carboxylic acids is 2. The van der Waals surface area contributed by atoms with Crippen LogP contribution >= 0.6 is 11.8 Å². The number of furan rings is 1. The standard InChI is InChI=1S/C33H28F2N4O3S/c1-20-8-6-12-27(21(20)2)39-33-30(31(37-39)22-9-4-3-5-10-22)32(25-14-13-23(34)16-26(25)35)43-19-29(41)38(33)18-28(40)36-17-24-11-7-15-42-24/h3-16,32H,17-19H2,1-2H3,(H,36,40)/t32-/m0/s1. The topological polar surface area (TPSA) is 80.4 Å². The van der Waals surface area contributed by atoms with Gasteiger partial charge in [0.2, 0.25) is 11.8 Å². The number of nitrogens with one attached hydrogen (secondary N) is 1. The number of aromatic nitrogens is 2. The summed E-state index contributed by atoms with van der Waals surface area (Å²) in [7, 11) is 0. The van der Waals surface area contributed by atoms with E-state index in [9.17, 15) is 14.0 Å². The average Bonchev–Trinajstić information content (AvgIpc) is 3.63. The van der Waals surface area contributed by atoms with Crippen molar-refractivity contribution in [2.24, 2.45) is 0 Å². The number of aryl methyl sites for hydroxylation is 1. The normalized spacial score (nSPS) is 14.8. The quantitative estimate of drug-likeness (QED) is 0.231. The largest absolute Gasteiger partial charge is 0.467 e. The lowest BCUT2D eigenvalue weighted by Crippen LogP contribution is -2.42. The number of carbonyl (C=O) groups is 2. The molecule has 0 unspecified atom stereocenters. The predicted octanol–water partition coefficient (Wildman–Crippen LogP) is 6.51. The summed E-state index contributed by atoms with van der Waals surface area (Å²) in [6.45, 7) is 3.81. The molecule has 5 aromatic rings. The molecule has 0 saturated carbocycles. The van der Waals surface area contributed by atoms with E-state index >= 15 is 4.39 Å². The van der Waals surface area contributed by atoms with Crippen LogP contribution in [-0.2, 0) is 16.1 Å². The third kappa shape index (κ3) is 5.58. The summed E-state index contributed by atoms with van der Waals surface area (Å²) in [6.07, 6.45) is 1.52. The summed E-state index contributed by atoms with van der Waals surface area (Å²) in [6, 6.07) is 22.1. The van der Waals surface area contributed by atoms with Crippen LogP contribution in [0.15, 0.2) is 89.5 Å². The maximum Gasteiger partial charge on any atom is 0.240 e. The van der Waals surface area contributed by atoms with Gasteiger partial charge in [-0.15, -0.1) is 11.8 Å². The van der Waals surface area contributed by atoms with Crippen LogP contribution in [0.4, 0.5) is 14.6 Å². The monoisotopic (exact) mass is 598 g/mol. The van der Waals surface area contributed by atoms with Gasteiger partial charge < -0.3 is 9.73 Å². The number of amides is 2. The number of hydrogen-bond donors (Lipinski definition) is 1. The first-order chi connectivity index (χ1) is 20.8. The van der Waals surface area contributed by atoms with E-state index in [1.165, 1.54) is 35.1 Å². The van der Waals surface area contributed by atoms with Crippen molar-refractivity contribution in [1.82, 2.24) is 15.1 Å². The Labute approximate surface area is 251 Å². The molecule has 1 aliphatic rings. The van der Waals surface area contributed by atoms with Gasteiger partial charge in [-0.25, -0.2) is 13.5 Å². The van der Waals surface area contributed by atoms with Crippen LogP contribution in [0.2, 0.25) is 0 Å². The summed E-state index contributed by atoms with van der Waals surface area (Å²) in [5, 5.41) is 7.14. The van der Waals surface area contributed by atoms with Crippen molar-refractivity contribution in [3.63, 3.8) is 0 Å². The Balaban J connectivity index is 1.58. The van der Waals surface area contributed by atoms with E-state index in [2.05, 4.69) is 5.32 Å². The van der Waals surface area contributed by atoms with Crippen LogP contribution in [0.1, 0.15) is 33.3 Å². The highest BCUT2D eigenvalue weighted by molar-refractivity contribution is 8.00. The minimum atomic E-state index is -0.723. The van der Waals surface area contributed by atoms with Crippen molar-refractivity contribution in [1.29, 1.82) is 0 Å². The molecular weight excluding hydrogens is 570 g/mol. The summed E-state index contributed by atoms with van der Waals surface area (Å²) in [4.78, 5) is 28.6. The van der Waals surface area contributed by atoms with E-state index in [1.807, 2.05) is 62.4 Å².